The molecule has 0 aliphatic carbocycles. The molecule has 0 bridgehead atoms. The van der Waals surface area contributed by atoms with Crippen molar-refractivity contribution in [2.45, 2.75) is 6.04 Å². The Labute approximate surface area is 102 Å². The number of carbonyl (C=O) groups is 1. The number of amides is 1. The molecule has 17 heavy (non-hydrogen) atoms. The van der Waals surface area contributed by atoms with Crippen LogP contribution in [0.1, 0.15) is 11.6 Å². The summed E-state index contributed by atoms with van der Waals surface area (Å²) in [7, 11) is 5.86. The van der Waals surface area contributed by atoms with Gasteiger partial charge < -0.3 is 15.1 Å². The summed E-state index contributed by atoms with van der Waals surface area (Å²) in [5, 5.41) is 3.08. The standard InChI is InChI=1S/C13H19N3O/c1-14-12-10-6-4-5-7-11(10)16(13(12)17)9-8-15(2)3/h4-7,12,14H,8-9H2,1-3H3. The largest absolute Gasteiger partial charge is 0.309 e. The Hall–Kier alpha value is -1.39. The lowest BCUT2D eigenvalue weighted by atomic mass is 10.1. The van der Waals surface area contributed by atoms with Crippen LogP contribution in [0.25, 0.3) is 0 Å². The molecule has 92 valence electrons. The molecule has 1 heterocycles. The second-order valence-electron chi connectivity index (χ2n) is 4.57. The lowest BCUT2D eigenvalue weighted by Gasteiger charge is -2.20. The summed E-state index contributed by atoms with van der Waals surface area (Å²) in [6.45, 7) is 1.61. The minimum atomic E-state index is -0.187. The lowest BCUT2D eigenvalue weighted by molar-refractivity contribution is -0.119. The summed E-state index contributed by atoms with van der Waals surface area (Å²) in [4.78, 5) is 16.2. The van der Waals surface area contributed by atoms with Crippen molar-refractivity contribution in [2.75, 3.05) is 39.1 Å². The molecule has 0 aromatic heterocycles. The quantitative estimate of drug-likeness (QED) is 0.837. The molecule has 2 rings (SSSR count). The third-order valence-corrected chi connectivity index (χ3v) is 3.11. The number of hydrogen-bond donors (Lipinski definition) is 1. The molecule has 1 unspecified atom stereocenters. The summed E-state index contributed by atoms with van der Waals surface area (Å²) in [6.07, 6.45) is 0. The van der Waals surface area contributed by atoms with E-state index in [2.05, 4.69) is 10.2 Å². The fraction of sp³-hybridized carbons (Fsp3) is 0.462. The van der Waals surface area contributed by atoms with E-state index in [4.69, 9.17) is 0 Å². The molecule has 0 saturated heterocycles. The number of carbonyl (C=O) groups excluding carboxylic acids is 1. The monoisotopic (exact) mass is 233 g/mol. The Balaban J connectivity index is 2.26. The minimum Gasteiger partial charge on any atom is -0.309 e. The molecule has 1 N–H and O–H groups in total. The number of rotatable bonds is 4. The van der Waals surface area contributed by atoms with Crippen molar-refractivity contribution in [1.29, 1.82) is 0 Å². The van der Waals surface area contributed by atoms with Gasteiger partial charge in [-0.2, -0.15) is 0 Å². The van der Waals surface area contributed by atoms with E-state index in [9.17, 15) is 4.79 Å². The van der Waals surface area contributed by atoms with Crippen molar-refractivity contribution in [1.82, 2.24) is 10.2 Å². The van der Waals surface area contributed by atoms with Gasteiger partial charge in [0, 0.05) is 24.3 Å². The van der Waals surface area contributed by atoms with Crippen LogP contribution in [0.5, 0.6) is 0 Å². The van der Waals surface area contributed by atoms with Gasteiger partial charge in [0.25, 0.3) is 0 Å². The zero-order valence-corrected chi connectivity index (χ0v) is 10.6. The van der Waals surface area contributed by atoms with E-state index in [1.165, 1.54) is 0 Å². The van der Waals surface area contributed by atoms with Crippen LogP contribution in [0.15, 0.2) is 24.3 Å². The van der Waals surface area contributed by atoms with Crippen LogP contribution in [0, 0.1) is 0 Å². The van der Waals surface area contributed by atoms with Gasteiger partial charge >= 0.3 is 0 Å². The summed E-state index contributed by atoms with van der Waals surface area (Å²) in [5.74, 6) is 0.149. The summed E-state index contributed by atoms with van der Waals surface area (Å²) in [6, 6.07) is 7.80. The Bertz CT molecular complexity index is 417. The molecule has 1 aromatic carbocycles. The molecular weight excluding hydrogens is 214 g/mol. The van der Waals surface area contributed by atoms with Gasteiger partial charge in [-0.15, -0.1) is 0 Å². The number of benzene rings is 1. The van der Waals surface area contributed by atoms with Crippen molar-refractivity contribution >= 4 is 11.6 Å². The van der Waals surface area contributed by atoms with Gasteiger partial charge in [0.2, 0.25) is 5.91 Å². The second kappa shape index (κ2) is 4.85. The SMILES string of the molecule is CNC1C(=O)N(CCN(C)C)c2ccccc21. The van der Waals surface area contributed by atoms with E-state index in [1.54, 1.807) is 0 Å². The first-order valence-corrected chi connectivity index (χ1v) is 5.87. The molecule has 1 aromatic rings. The van der Waals surface area contributed by atoms with Crippen molar-refractivity contribution in [2.24, 2.45) is 0 Å². The zero-order chi connectivity index (χ0) is 12.4. The Morgan fingerprint density at radius 1 is 1.35 bits per heavy atom. The van der Waals surface area contributed by atoms with E-state index >= 15 is 0 Å². The summed E-state index contributed by atoms with van der Waals surface area (Å²) in [5.41, 5.74) is 2.12. The van der Waals surface area contributed by atoms with Crippen molar-refractivity contribution in [3.63, 3.8) is 0 Å². The number of nitrogens with one attached hydrogen (secondary N) is 1. The summed E-state index contributed by atoms with van der Waals surface area (Å²) >= 11 is 0. The molecule has 0 spiro atoms. The maximum Gasteiger partial charge on any atom is 0.248 e. The fourth-order valence-corrected chi connectivity index (χ4v) is 2.19. The van der Waals surface area contributed by atoms with Crippen LogP contribution in [0.2, 0.25) is 0 Å². The van der Waals surface area contributed by atoms with Gasteiger partial charge in [0.1, 0.15) is 6.04 Å². The van der Waals surface area contributed by atoms with Crippen LogP contribution in [-0.4, -0.2) is 45.0 Å². The Kier molecular flexibility index (Phi) is 3.45. The van der Waals surface area contributed by atoms with Crippen LogP contribution in [0.3, 0.4) is 0 Å². The van der Waals surface area contributed by atoms with Crippen molar-refractivity contribution < 1.29 is 4.79 Å². The highest BCUT2D eigenvalue weighted by Crippen LogP contribution is 2.34. The van der Waals surface area contributed by atoms with E-state index in [1.807, 2.05) is 50.3 Å². The minimum absolute atomic E-state index is 0.149. The van der Waals surface area contributed by atoms with E-state index in [-0.39, 0.29) is 11.9 Å². The predicted molar refractivity (Wildman–Crippen MR) is 69.1 cm³/mol. The van der Waals surface area contributed by atoms with Crippen LogP contribution in [-0.2, 0) is 4.79 Å². The predicted octanol–water partition coefficient (Wildman–Crippen LogP) is 0.855. The van der Waals surface area contributed by atoms with E-state index in [0.717, 1.165) is 24.3 Å². The first kappa shape index (κ1) is 12.1. The molecule has 0 radical (unpaired) electrons. The third kappa shape index (κ3) is 2.18. The van der Waals surface area contributed by atoms with Crippen molar-refractivity contribution in [3.8, 4) is 0 Å². The molecule has 4 nitrogen and oxygen atoms in total. The number of nitrogens with zero attached hydrogens (tertiary/aromatic N) is 2. The molecule has 4 heteroatoms. The smallest absolute Gasteiger partial charge is 0.248 e. The van der Waals surface area contributed by atoms with Crippen LogP contribution in [0.4, 0.5) is 5.69 Å². The number of para-hydroxylation sites is 1. The Morgan fingerprint density at radius 3 is 2.71 bits per heavy atom. The highest BCUT2D eigenvalue weighted by molar-refractivity contribution is 6.04. The molecule has 1 amide bonds. The molecule has 1 atom stereocenters. The Morgan fingerprint density at radius 2 is 2.06 bits per heavy atom. The lowest BCUT2D eigenvalue weighted by Crippen LogP contribution is -2.37. The third-order valence-electron chi connectivity index (χ3n) is 3.11. The van der Waals surface area contributed by atoms with E-state index < -0.39 is 0 Å². The van der Waals surface area contributed by atoms with Crippen molar-refractivity contribution in [3.05, 3.63) is 29.8 Å². The number of fused-ring (bicyclic) bond motifs is 1. The van der Waals surface area contributed by atoms with E-state index in [0.29, 0.717) is 0 Å². The zero-order valence-electron chi connectivity index (χ0n) is 10.6. The number of likely N-dealkylation sites (N-methyl/N-ethyl adjacent to an activating group) is 2. The molecule has 0 fully saturated rings. The second-order valence-corrected chi connectivity index (χ2v) is 4.57. The average molecular weight is 233 g/mol. The van der Waals surface area contributed by atoms with Gasteiger partial charge in [0.15, 0.2) is 0 Å². The normalized spacial score (nSPS) is 18.9. The first-order chi connectivity index (χ1) is 8.15. The molecule has 0 saturated carbocycles. The first-order valence-electron chi connectivity index (χ1n) is 5.87. The van der Waals surface area contributed by atoms with Crippen LogP contribution >= 0.6 is 0 Å². The van der Waals surface area contributed by atoms with Gasteiger partial charge in [0.05, 0.1) is 0 Å². The maximum absolute atomic E-state index is 12.3. The highest BCUT2D eigenvalue weighted by Gasteiger charge is 2.35. The van der Waals surface area contributed by atoms with Gasteiger partial charge in [-0.1, -0.05) is 18.2 Å². The molecule has 1 aliphatic rings. The fourth-order valence-electron chi connectivity index (χ4n) is 2.19. The molecule has 1 aliphatic heterocycles. The number of anilines is 1. The number of hydrogen-bond acceptors (Lipinski definition) is 3. The molecular formula is C13H19N3O. The van der Waals surface area contributed by atoms with Gasteiger partial charge in [-0.25, -0.2) is 0 Å². The maximum atomic E-state index is 12.3. The van der Waals surface area contributed by atoms with Gasteiger partial charge in [-0.3, -0.25) is 4.79 Å². The highest BCUT2D eigenvalue weighted by atomic mass is 16.2. The average Bonchev–Trinajstić information content (AvgIpc) is 2.58. The topological polar surface area (TPSA) is 35.6 Å². The summed E-state index contributed by atoms with van der Waals surface area (Å²) < 4.78 is 0. The van der Waals surface area contributed by atoms with Gasteiger partial charge in [-0.05, 0) is 27.2 Å². The van der Waals surface area contributed by atoms with Crippen LogP contribution < -0.4 is 10.2 Å².